The van der Waals surface area contributed by atoms with Crippen LogP contribution in [0.2, 0.25) is 0 Å². The number of rotatable bonds is 1. The first-order valence-electron chi connectivity index (χ1n) is 5.34. The summed E-state index contributed by atoms with van der Waals surface area (Å²) >= 11 is 0. The number of hydrogen-bond donors (Lipinski definition) is 0. The molecule has 1 aliphatic carbocycles. The van der Waals surface area contributed by atoms with Crippen LogP contribution in [0, 0.1) is 17.3 Å². The first-order valence-corrected chi connectivity index (χ1v) is 5.34. The smallest absolute Gasteiger partial charge is 0.133 e. The van der Waals surface area contributed by atoms with Gasteiger partial charge < -0.3 is 0 Å². The standard InChI is InChI=1S/C12H20O2/c1-8-5-10(14)6-12(3,4)7-11(8)9(2)13/h8,11H,5-7H2,1-4H3. The molecule has 0 N–H and O–H groups in total. The second-order valence-corrected chi connectivity index (χ2v) is 5.48. The van der Waals surface area contributed by atoms with Crippen LogP contribution in [0.15, 0.2) is 0 Å². The van der Waals surface area contributed by atoms with Crippen molar-refractivity contribution in [3.8, 4) is 0 Å². The largest absolute Gasteiger partial charge is 0.300 e. The lowest BCUT2D eigenvalue weighted by Crippen LogP contribution is -2.23. The lowest BCUT2D eigenvalue weighted by atomic mass is 9.77. The minimum absolute atomic E-state index is 0.00181. The summed E-state index contributed by atoms with van der Waals surface area (Å²) in [6.45, 7) is 7.83. The van der Waals surface area contributed by atoms with E-state index in [0.717, 1.165) is 6.42 Å². The summed E-state index contributed by atoms with van der Waals surface area (Å²) in [4.78, 5) is 23.0. The number of Topliss-reactive ketones (excluding diaryl/α,β-unsaturated/α-hetero) is 2. The molecule has 2 unspecified atom stereocenters. The highest BCUT2D eigenvalue weighted by Crippen LogP contribution is 2.38. The van der Waals surface area contributed by atoms with E-state index in [1.807, 2.05) is 6.92 Å². The van der Waals surface area contributed by atoms with Gasteiger partial charge in [0.25, 0.3) is 0 Å². The maximum atomic E-state index is 11.6. The van der Waals surface area contributed by atoms with E-state index in [9.17, 15) is 9.59 Å². The molecule has 1 saturated carbocycles. The van der Waals surface area contributed by atoms with Gasteiger partial charge in [-0.1, -0.05) is 20.8 Å². The van der Waals surface area contributed by atoms with Crippen LogP contribution >= 0.6 is 0 Å². The molecule has 14 heavy (non-hydrogen) atoms. The van der Waals surface area contributed by atoms with E-state index in [1.165, 1.54) is 0 Å². The maximum absolute atomic E-state index is 11.6. The van der Waals surface area contributed by atoms with Crippen molar-refractivity contribution in [1.82, 2.24) is 0 Å². The maximum Gasteiger partial charge on any atom is 0.133 e. The summed E-state index contributed by atoms with van der Waals surface area (Å²) in [5.74, 6) is 0.852. The topological polar surface area (TPSA) is 34.1 Å². The Labute approximate surface area is 86.1 Å². The first kappa shape index (κ1) is 11.4. The van der Waals surface area contributed by atoms with E-state index in [1.54, 1.807) is 6.92 Å². The van der Waals surface area contributed by atoms with E-state index in [-0.39, 0.29) is 23.0 Å². The van der Waals surface area contributed by atoms with Crippen molar-refractivity contribution in [2.24, 2.45) is 17.3 Å². The van der Waals surface area contributed by atoms with Gasteiger partial charge in [0.1, 0.15) is 11.6 Å². The van der Waals surface area contributed by atoms with Gasteiger partial charge in [0.05, 0.1) is 0 Å². The van der Waals surface area contributed by atoms with Crippen molar-refractivity contribution in [3.05, 3.63) is 0 Å². The van der Waals surface area contributed by atoms with Gasteiger partial charge in [-0.15, -0.1) is 0 Å². The van der Waals surface area contributed by atoms with Crippen LogP contribution in [-0.4, -0.2) is 11.6 Å². The number of carbonyl (C=O) groups excluding carboxylic acids is 2. The summed E-state index contributed by atoms with van der Waals surface area (Å²) in [5.41, 5.74) is -0.00181. The van der Waals surface area contributed by atoms with Gasteiger partial charge in [0.15, 0.2) is 0 Å². The molecule has 1 rings (SSSR count). The third-order valence-corrected chi connectivity index (χ3v) is 3.21. The van der Waals surface area contributed by atoms with Crippen LogP contribution in [0.5, 0.6) is 0 Å². The summed E-state index contributed by atoms with van der Waals surface area (Å²) in [7, 11) is 0. The van der Waals surface area contributed by atoms with E-state index in [4.69, 9.17) is 0 Å². The molecule has 2 nitrogen and oxygen atoms in total. The van der Waals surface area contributed by atoms with Crippen LogP contribution in [0.4, 0.5) is 0 Å². The van der Waals surface area contributed by atoms with Gasteiger partial charge >= 0.3 is 0 Å². The van der Waals surface area contributed by atoms with Crippen LogP contribution in [0.1, 0.15) is 47.0 Å². The van der Waals surface area contributed by atoms with Crippen molar-refractivity contribution in [2.45, 2.75) is 47.0 Å². The molecule has 0 aromatic carbocycles. The van der Waals surface area contributed by atoms with Crippen molar-refractivity contribution in [3.63, 3.8) is 0 Å². The highest BCUT2D eigenvalue weighted by atomic mass is 16.1. The lowest BCUT2D eigenvalue weighted by molar-refractivity contribution is -0.123. The Morgan fingerprint density at radius 3 is 2.50 bits per heavy atom. The Bertz CT molecular complexity index is 253. The molecular formula is C12H20O2. The fourth-order valence-electron chi connectivity index (χ4n) is 2.52. The minimum Gasteiger partial charge on any atom is -0.300 e. The molecule has 0 aliphatic heterocycles. The second-order valence-electron chi connectivity index (χ2n) is 5.48. The van der Waals surface area contributed by atoms with Gasteiger partial charge in [-0.25, -0.2) is 0 Å². The third-order valence-electron chi connectivity index (χ3n) is 3.21. The molecule has 1 aliphatic rings. The van der Waals surface area contributed by atoms with E-state index in [0.29, 0.717) is 18.6 Å². The molecule has 0 aromatic rings. The first-order chi connectivity index (χ1) is 6.32. The quantitative estimate of drug-likeness (QED) is 0.604. The lowest BCUT2D eigenvalue weighted by Gasteiger charge is -2.26. The van der Waals surface area contributed by atoms with Gasteiger partial charge in [0, 0.05) is 18.8 Å². The average Bonchev–Trinajstić information content (AvgIpc) is 2.06. The molecule has 1 fully saturated rings. The van der Waals surface area contributed by atoms with Crippen molar-refractivity contribution in [1.29, 1.82) is 0 Å². The summed E-state index contributed by atoms with van der Waals surface area (Å²) in [6.07, 6.45) is 2.06. The van der Waals surface area contributed by atoms with Crippen LogP contribution in [-0.2, 0) is 9.59 Å². The Kier molecular flexibility index (Phi) is 3.13. The van der Waals surface area contributed by atoms with Gasteiger partial charge in [0.2, 0.25) is 0 Å². The normalized spacial score (nSPS) is 32.4. The number of ketones is 2. The zero-order chi connectivity index (χ0) is 10.9. The molecule has 0 saturated heterocycles. The van der Waals surface area contributed by atoms with Crippen LogP contribution in [0.25, 0.3) is 0 Å². The summed E-state index contributed by atoms with van der Waals surface area (Å²) in [5, 5.41) is 0. The van der Waals surface area contributed by atoms with Gasteiger partial charge in [-0.3, -0.25) is 9.59 Å². The van der Waals surface area contributed by atoms with Crippen LogP contribution in [0.3, 0.4) is 0 Å². The van der Waals surface area contributed by atoms with Crippen molar-refractivity contribution in [2.75, 3.05) is 0 Å². The van der Waals surface area contributed by atoms with E-state index in [2.05, 4.69) is 13.8 Å². The zero-order valence-corrected chi connectivity index (χ0v) is 9.59. The Hall–Kier alpha value is -0.660. The van der Waals surface area contributed by atoms with Crippen molar-refractivity contribution < 1.29 is 9.59 Å². The molecule has 2 atom stereocenters. The van der Waals surface area contributed by atoms with Gasteiger partial charge in [-0.05, 0) is 24.7 Å². The highest BCUT2D eigenvalue weighted by molar-refractivity contribution is 5.83. The van der Waals surface area contributed by atoms with E-state index < -0.39 is 0 Å². The average molecular weight is 196 g/mol. The summed E-state index contributed by atoms with van der Waals surface area (Å²) in [6, 6.07) is 0. The number of carbonyl (C=O) groups is 2. The van der Waals surface area contributed by atoms with Crippen molar-refractivity contribution >= 4 is 11.6 Å². The molecule has 0 aromatic heterocycles. The fraction of sp³-hybridized carbons (Fsp3) is 0.833. The predicted octanol–water partition coefficient (Wildman–Crippen LogP) is 2.61. The zero-order valence-electron chi connectivity index (χ0n) is 9.59. The molecule has 0 amide bonds. The van der Waals surface area contributed by atoms with E-state index >= 15 is 0 Å². The molecular weight excluding hydrogens is 176 g/mol. The monoisotopic (exact) mass is 196 g/mol. The molecule has 2 heteroatoms. The Balaban J connectivity index is 2.87. The summed E-state index contributed by atoms with van der Waals surface area (Å²) < 4.78 is 0. The number of hydrogen-bond acceptors (Lipinski definition) is 2. The molecule has 0 heterocycles. The molecule has 0 radical (unpaired) electrons. The minimum atomic E-state index is -0.00181. The predicted molar refractivity (Wildman–Crippen MR) is 56.0 cm³/mol. The third kappa shape index (κ3) is 2.66. The van der Waals surface area contributed by atoms with Crippen LogP contribution < -0.4 is 0 Å². The second kappa shape index (κ2) is 3.84. The molecule has 0 spiro atoms. The Morgan fingerprint density at radius 2 is 2.00 bits per heavy atom. The van der Waals surface area contributed by atoms with Gasteiger partial charge in [-0.2, -0.15) is 0 Å². The fourth-order valence-corrected chi connectivity index (χ4v) is 2.52. The SMILES string of the molecule is CC(=O)C1CC(C)(C)CC(=O)CC1C. The highest BCUT2D eigenvalue weighted by Gasteiger charge is 2.35. The Morgan fingerprint density at radius 1 is 1.43 bits per heavy atom. The molecule has 80 valence electrons. The molecule has 0 bridgehead atoms.